The van der Waals surface area contributed by atoms with Crippen LogP contribution in [-0.4, -0.2) is 13.5 Å². The quantitative estimate of drug-likeness (QED) is 0.771. The minimum atomic E-state index is -4.00. The second-order valence-corrected chi connectivity index (χ2v) is 5.15. The molecule has 0 fully saturated rings. The van der Waals surface area contributed by atoms with Crippen LogP contribution >= 0.6 is 22.3 Å². The minimum absolute atomic E-state index is 0.446. The molecule has 0 spiro atoms. The molecule has 0 aromatic heterocycles. The molecular weight excluding hydrogens is 242 g/mol. The van der Waals surface area contributed by atoms with Gasteiger partial charge in [0.05, 0.1) is 9.92 Å². The highest BCUT2D eigenvalue weighted by atomic mass is 35.7. The van der Waals surface area contributed by atoms with Crippen molar-refractivity contribution in [2.24, 2.45) is 0 Å². The highest BCUT2D eigenvalue weighted by Gasteiger charge is 2.16. The van der Waals surface area contributed by atoms with Gasteiger partial charge in [0.25, 0.3) is 9.05 Å². The third kappa shape index (κ3) is 2.24. The van der Waals surface area contributed by atoms with Crippen molar-refractivity contribution in [2.75, 3.05) is 0 Å². The standard InChI is InChI=1S/C6H3Cl2FO3S/c7-4-1-3(13(8,11)12)2-5(10)6(4)9/h1-2,10H. The fourth-order valence-electron chi connectivity index (χ4n) is 0.691. The van der Waals surface area contributed by atoms with Gasteiger partial charge in [0.1, 0.15) is 0 Å². The summed E-state index contributed by atoms with van der Waals surface area (Å²) in [6, 6.07) is 1.50. The van der Waals surface area contributed by atoms with Crippen molar-refractivity contribution in [2.45, 2.75) is 4.90 Å². The van der Waals surface area contributed by atoms with Crippen LogP contribution in [0.15, 0.2) is 17.0 Å². The summed E-state index contributed by atoms with van der Waals surface area (Å²) in [6.45, 7) is 0. The fraction of sp³-hybridized carbons (Fsp3) is 0. The smallest absolute Gasteiger partial charge is 0.261 e. The van der Waals surface area contributed by atoms with Crippen molar-refractivity contribution in [1.82, 2.24) is 0 Å². The van der Waals surface area contributed by atoms with Gasteiger partial charge in [-0.05, 0) is 6.07 Å². The Morgan fingerprint density at radius 1 is 1.38 bits per heavy atom. The van der Waals surface area contributed by atoms with E-state index in [-0.39, 0.29) is 0 Å². The average Bonchev–Trinajstić information content (AvgIpc) is 1.97. The first-order valence-corrected chi connectivity index (χ1v) is 5.64. The molecule has 3 nitrogen and oxygen atoms in total. The van der Waals surface area contributed by atoms with E-state index in [9.17, 15) is 12.8 Å². The lowest BCUT2D eigenvalue weighted by molar-refractivity contribution is 0.430. The van der Waals surface area contributed by atoms with Gasteiger partial charge in [0, 0.05) is 16.7 Å². The molecule has 0 aliphatic rings. The zero-order valence-corrected chi connectivity index (χ0v) is 8.29. The average molecular weight is 245 g/mol. The monoisotopic (exact) mass is 244 g/mol. The van der Waals surface area contributed by atoms with Gasteiger partial charge in [-0.25, -0.2) is 12.8 Å². The Morgan fingerprint density at radius 3 is 2.31 bits per heavy atom. The predicted molar refractivity (Wildman–Crippen MR) is 46.1 cm³/mol. The van der Waals surface area contributed by atoms with Crippen LogP contribution in [0.5, 0.6) is 5.75 Å². The summed E-state index contributed by atoms with van der Waals surface area (Å²) >= 11 is 5.27. The first-order valence-electron chi connectivity index (χ1n) is 2.95. The van der Waals surface area contributed by atoms with E-state index in [1.54, 1.807) is 0 Å². The molecule has 1 N–H and O–H groups in total. The molecule has 1 rings (SSSR count). The van der Waals surface area contributed by atoms with Crippen LogP contribution in [0.4, 0.5) is 4.39 Å². The van der Waals surface area contributed by atoms with E-state index < -0.39 is 30.5 Å². The summed E-state index contributed by atoms with van der Waals surface area (Å²) in [7, 11) is 0.931. The van der Waals surface area contributed by atoms with Crippen LogP contribution in [0.2, 0.25) is 5.02 Å². The lowest BCUT2D eigenvalue weighted by Gasteiger charge is -2.00. The first-order chi connectivity index (χ1) is 5.82. The molecule has 0 aliphatic carbocycles. The number of hydrogen-bond donors (Lipinski definition) is 1. The Bertz CT molecular complexity index is 420. The molecule has 0 atom stereocenters. The Morgan fingerprint density at radius 2 is 1.92 bits per heavy atom. The van der Waals surface area contributed by atoms with Crippen molar-refractivity contribution in [3.8, 4) is 5.75 Å². The third-order valence-corrected chi connectivity index (χ3v) is 2.87. The van der Waals surface area contributed by atoms with Gasteiger partial charge >= 0.3 is 0 Å². The molecule has 72 valence electrons. The predicted octanol–water partition coefficient (Wildman–Crippen LogP) is 2.11. The second-order valence-electron chi connectivity index (χ2n) is 2.18. The highest BCUT2D eigenvalue weighted by Crippen LogP contribution is 2.29. The van der Waals surface area contributed by atoms with Gasteiger partial charge < -0.3 is 5.11 Å². The molecule has 7 heteroatoms. The molecule has 0 amide bonds. The molecule has 0 aliphatic heterocycles. The lowest BCUT2D eigenvalue weighted by atomic mass is 10.3. The SMILES string of the molecule is O=S(=O)(Cl)c1cc(O)c(F)c(Cl)c1. The Labute approximate surface area is 83.1 Å². The number of phenolic OH excluding ortho intramolecular Hbond substituents is 1. The molecule has 0 bridgehead atoms. The van der Waals surface area contributed by atoms with Crippen LogP contribution < -0.4 is 0 Å². The number of hydrogen-bond acceptors (Lipinski definition) is 3. The fourth-order valence-corrected chi connectivity index (χ4v) is 1.75. The number of rotatable bonds is 1. The zero-order chi connectivity index (χ0) is 10.2. The maximum atomic E-state index is 12.7. The summed E-state index contributed by atoms with van der Waals surface area (Å²) in [5.41, 5.74) is 0. The molecule has 0 radical (unpaired) electrons. The van der Waals surface area contributed by atoms with Crippen molar-refractivity contribution in [3.05, 3.63) is 23.0 Å². The normalized spacial score (nSPS) is 11.6. The largest absolute Gasteiger partial charge is 0.505 e. The molecular formula is C6H3Cl2FO3S. The van der Waals surface area contributed by atoms with Gasteiger partial charge in [-0.3, -0.25) is 0 Å². The summed E-state index contributed by atoms with van der Waals surface area (Å²) in [5, 5.41) is 8.36. The van der Waals surface area contributed by atoms with E-state index >= 15 is 0 Å². The van der Waals surface area contributed by atoms with Crippen LogP contribution in [0, 0.1) is 5.82 Å². The molecule has 1 aromatic rings. The summed E-state index contributed by atoms with van der Waals surface area (Å²) < 4.78 is 34.1. The maximum Gasteiger partial charge on any atom is 0.261 e. The number of phenols is 1. The van der Waals surface area contributed by atoms with E-state index in [2.05, 4.69) is 0 Å². The Balaban J connectivity index is 3.47. The minimum Gasteiger partial charge on any atom is -0.505 e. The number of halogens is 3. The molecule has 0 unspecified atom stereocenters. The van der Waals surface area contributed by atoms with E-state index in [4.69, 9.17) is 27.4 Å². The van der Waals surface area contributed by atoms with Crippen molar-refractivity contribution < 1.29 is 17.9 Å². The van der Waals surface area contributed by atoms with E-state index in [0.29, 0.717) is 6.07 Å². The maximum absolute atomic E-state index is 12.7. The van der Waals surface area contributed by atoms with E-state index in [1.807, 2.05) is 0 Å². The van der Waals surface area contributed by atoms with Crippen molar-refractivity contribution in [3.63, 3.8) is 0 Å². The van der Waals surface area contributed by atoms with Crippen LogP contribution in [0.25, 0.3) is 0 Å². The molecule has 0 saturated carbocycles. The Kier molecular flexibility index (Phi) is 2.70. The molecule has 13 heavy (non-hydrogen) atoms. The van der Waals surface area contributed by atoms with Gasteiger partial charge in [0.15, 0.2) is 11.6 Å². The summed E-state index contributed by atoms with van der Waals surface area (Å²) in [6.07, 6.45) is 0. The Hall–Kier alpha value is -0.520. The lowest BCUT2D eigenvalue weighted by Crippen LogP contribution is -1.91. The van der Waals surface area contributed by atoms with Gasteiger partial charge in [-0.15, -0.1) is 0 Å². The number of aromatic hydroxyl groups is 1. The summed E-state index contributed by atoms with van der Waals surface area (Å²) in [5.74, 6) is -1.93. The number of benzene rings is 1. The van der Waals surface area contributed by atoms with Crippen LogP contribution in [0.3, 0.4) is 0 Å². The van der Waals surface area contributed by atoms with Gasteiger partial charge in [-0.1, -0.05) is 11.6 Å². The summed E-state index contributed by atoms with van der Waals surface area (Å²) in [4.78, 5) is -0.446. The van der Waals surface area contributed by atoms with Gasteiger partial charge in [-0.2, -0.15) is 0 Å². The molecule has 1 aromatic carbocycles. The van der Waals surface area contributed by atoms with Crippen molar-refractivity contribution in [1.29, 1.82) is 0 Å². The van der Waals surface area contributed by atoms with Crippen LogP contribution in [0.1, 0.15) is 0 Å². The topological polar surface area (TPSA) is 54.4 Å². The molecule has 0 saturated heterocycles. The first kappa shape index (κ1) is 10.6. The third-order valence-electron chi connectivity index (χ3n) is 1.26. The zero-order valence-electron chi connectivity index (χ0n) is 5.96. The highest BCUT2D eigenvalue weighted by molar-refractivity contribution is 8.13. The van der Waals surface area contributed by atoms with Crippen molar-refractivity contribution >= 4 is 31.3 Å². The van der Waals surface area contributed by atoms with E-state index in [0.717, 1.165) is 6.07 Å². The van der Waals surface area contributed by atoms with Gasteiger partial charge in [0.2, 0.25) is 0 Å². The molecule has 0 heterocycles. The van der Waals surface area contributed by atoms with Crippen LogP contribution in [-0.2, 0) is 9.05 Å². The van der Waals surface area contributed by atoms with E-state index in [1.165, 1.54) is 0 Å². The second kappa shape index (κ2) is 3.32.